The van der Waals surface area contributed by atoms with Crippen LogP contribution in [-0.4, -0.2) is 134 Å². The topological polar surface area (TPSA) is 315 Å². The number of carbonyl (C=O) groups is 9. The summed E-state index contributed by atoms with van der Waals surface area (Å²) >= 11 is 6.83. The van der Waals surface area contributed by atoms with Gasteiger partial charge in [-0.1, -0.05) is 69.5 Å². The van der Waals surface area contributed by atoms with Crippen LogP contribution in [0.2, 0.25) is 5.02 Å². The lowest BCUT2D eigenvalue weighted by atomic mass is 9.53. The van der Waals surface area contributed by atoms with Gasteiger partial charge >= 0.3 is 24.4 Å². The van der Waals surface area contributed by atoms with E-state index in [1.54, 1.807) is 58.1 Å². The molecule has 3 heterocycles. The number of rotatable bonds is 20. The predicted molar refractivity (Wildman–Crippen MR) is 310 cm³/mol. The number of ether oxygens (including phenoxy) is 4. The van der Waals surface area contributed by atoms with Gasteiger partial charge in [0.05, 0.1) is 30.5 Å². The first kappa shape index (κ1) is 67.4. The van der Waals surface area contributed by atoms with Crippen molar-refractivity contribution in [1.82, 2.24) is 26.2 Å². The van der Waals surface area contributed by atoms with Gasteiger partial charge in [-0.2, -0.15) is 13.2 Å². The Morgan fingerprint density at radius 2 is 1.69 bits per heavy atom. The molecule has 6 rings (SSSR count). The number of halogens is 4. The smallest absolute Gasteiger partial charge is 0.418 e. The number of urea groups is 1. The first-order chi connectivity index (χ1) is 40.5. The van der Waals surface area contributed by atoms with Crippen LogP contribution >= 0.6 is 11.6 Å². The summed E-state index contributed by atoms with van der Waals surface area (Å²) in [7, 11) is 4.26. The number of nitrogens with one attached hydrogen (secondary N) is 6. The number of nitrogens with zero attached hydrogens (tertiary/aromatic N) is 2. The van der Waals surface area contributed by atoms with Crippen LogP contribution in [-0.2, 0) is 55.6 Å². The van der Waals surface area contributed by atoms with E-state index in [2.05, 4.69) is 31.9 Å². The molecule has 2 fully saturated rings. The van der Waals surface area contributed by atoms with Crippen molar-refractivity contribution in [2.45, 2.75) is 148 Å². The van der Waals surface area contributed by atoms with Gasteiger partial charge in [0.15, 0.2) is 5.72 Å². The molecule has 0 spiro atoms. The van der Waals surface area contributed by atoms with E-state index in [0.717, 1.165) is 22.6 Å². The monoisotopic (exact) mass is 1230 g/mol. The van der Waals surface area contributed by atoms with Crippen molar-refractivity contribution in [1.29, 1.82) is 0 Å². The molecule has 23 nitrogen and oxygen atoms in total. The zero-order chi connectivity index (χ0) is 63.4. The van der Waals surface area contributed by atoms with Crippen molar-refractivity contribution in [2.75, 3.05) is 49.9 Å². The number of carbonyl (C=O) groups excluding carboxylic acids is 9. The van der Waals surface area contributed by atoms with Crippen molar-refractivity contribution in [3.05, 3.63) is 82.4 Å². The lowest BCUT2D eigenvalue weighted by molar-refractivity contribution is -0.166. The Balaban J connectivity index is 1.23. The number of amides is 10. The third kappa shape index (κ3) is 17.0. The van der Waals surface area contributed by atoms with E-state index in [0.29, 0.717) is 50.2 Å². The van der Waals surface area contributed by atoms with Crippen LogP contribution in [0.1, 0.15) is 110 Å². The fourth-order valence-electron chi connectivity index (χ4n) is 11.3. The van der Waals surface area contributed by atoms with Gasteiger partial charge in [0.25, 0.3) is 11.8 Å². The number of nitrogens with two attached hydrogens (primary N) is 1. The van der Waals surface area contributed by atoms with E-state index in [1.807, 2.05) is 6.92 Å². The number of aliphatic hydroxyl groups is 1. The van der Waals surface area contributed by atoms with Crippen molar-refractivity contribution < 1.29 is 80.4 Å². The largest absolute Gasteiger partial charge is 0.495 e. The van der Waals surface area contributed by atoms with Crippen LogP contribution in [0, 0.1) is 23.2 Å². The summed E-state index contributed by atoms with van der Waals surface area (Å²) in [6.07, 6.45) is -1.72. The minimum Gasteiger partial charge on any atom is -0.495 e. The minimum absolute atomic E-state index is 0.0139. The summed E-state index contributed by atoms with van der Waals surface area (Å²) < 4.78 is 68.4. The van der Waals surface area contributed by atoms with Crippen molar-refractivity contribution >= 4 is 82.3 Å². The number of fused-ring (bicyclic) bond motifs is 5. The minimum atomic E-state index is -5.17. The number of hydrogen-bond donors (Lipinski definition) is 8. The summed E-state index contributed by atoms with van der Waals surface area (Å²) in [5.74, 6) is -5.01. The number of primary amides is 1. The van der Waals surface area contributed by atoms with Gasteiger partial charge in [-0.3, -0.25) is 44.3 Å². The Morgan fingerprint density at radius 1 is 0.977 bits per heavy atom. The molecule has 0 unspecified atom stereocenters. The average molecular weight is 1230 g/mol. The molecule has 9 N–H and O–H groups in total. The number of hydrogen-bond acceptors (Lipinski definition) is 14. The maximum Gasteiger partial charge on any atom is 0.418 e. The molecule has 2 aromatic rings. The Morgan fingerprint density at radius 3 is 2.31 bits per heavy atom. The second-order valence-electron chi connectivity index (χ2n) is 22.7. The molecule has 0 radical (unpaired) electrons. The zero-order valence-electron chi connectivity index (χ0n) is 49.3. The number of benzene rings is 2. The van der Waals surface area contributed by atoms with Crippen molar-refractivity contribution in [3.63, 3.8) is 0 Å². The molecule has 1 saturated heterocycles. The SMILES string of the molecule is COc1cc2cc(c1Cl)N(C)C(=O)C[C@H](OC(=O)Nc1ccc(NC(=O)[C@H](CCCNC(N)=O)NC(=O)[C@@H](NC(=O)CCCCCN3C(=O)C=CC3=O)C(C)C)cc1C(F)(F)F)[C@]1(C)CC[C@H]1[C@H](C)[C@@H]1C[C@@](O)(NC(=O)O1)[C@H](OC)/C=C/C=C(\C)C2. The molecular weight excluding hydrogens is 1150 g/mol. The highest BCUT2D eigenvalue weighted by Gasteiger charge is 2.57. The van der Waals surface area contributed by atoms with Crippen LogP contribution < -0.4 is 47.3 Å². The summed E-state index contributed by atoms with van der Waals surface area (Å²) in [6.45, 7) is 8.81. The molecule has 4 bridgehead atoms. The highest BCUT2D eigenvalue weighted by Crippen LogP contribution is 2.56. The molecule has 4 aliphatic rings. The van der Waals surface area contributed by atoms with Crippen LogP contribution in [0.5, 0.6) is 5.75 Å². The van der Waals surface area contributed by atoms with Gasteiger partial charge in [0.1, 0.15) is 41.2 Å². The zero-order valence-corrected chi connectivity index (χ0v) is 50.1. The molecule has 86 heavy (non-hydrogen) atoms. The highest BCUT2D eigenvalue weighted by molar-refractivity contribution is 6.35. The van der Waals surface area contributed by atoms with Gasteiger partial charge in [0.2, 0.25) is 23.6 Å². The van der Waals surface area contributed by atoms with Gasteiger partial charge in [-0.05, 0) is 106 Å². The molecule has 10 amide bonds. The lowest BCUT2D eigenvalue weighted by Gasteiger charge is -2.55. The van der Waals surface area contributed by atoms with Crippen LogP contribution in [0.25, 0.3) is 0 Å². The van der Waals surface area contributed by atoms with Crippen LogP contribution in [0.3, 0.4) is 0 Å². The molecule has 3 aliphatic heterocycles. The standard InChI is InChI=1S/C59H77ClF3N9O14/c1-32(2)51(69-46(73)17-10-9-11-25-72-47(74)20-21-48(72)75)53(78)67-40(15-13-24-65-54(64)79)52(77)66-36-18-19-39(38(29-36)59(61,62)63)68-55(80)86-45-30-49(76)71(6)41-27-35(28-42(83-7)50(41)60)26-33(3)14-12-16-44(84-8)58(82)31-43(85-56(81)70-58)34(4)37-22-23-57(37,45)5/h12,14,16,18-21,27-29,32,34,37,40,43-45,51,82H,9-11,13,15,17,22-26,30-31H2,1-8H3,(H,66,77)(H,67,78)(H,68,80)(H,69,73)(H,70,81)(H3,64,65,79)/b16-12+,33-14+/t34-,37-,40-,43-,44+,45-,51-,57+,58-/m0/s1. The lowest BCUT2D eigenvalue weighted by Crippen LogP contribution is -2.64. The first-order valence-electron chi connectivity index (χ1n) is 28.4. The summed E-state index contributed by atoms with van der Waals surface area (Å²) in [5, 5.41) is 26.8. The number of imide groups is 1. The number of alkyl carbamates (subject to hydrolysis) is 1. The van der Waals surface area contributed by atoms with Crippen molar-refractivity contribution in [2.24, 2.45) is 28.9 Å². The third-order valence-corrected chi connectivity index (χ3v) is 16.7. The van der Waals surface area contributed by atoms with E-state index in [4.69, 9.17) is 36.3 Å². The number of methoxy groups -OCH3 is 2. The van der Waals surface area contributed by atoms with Crippen molar-refractivity contribution in [3.8, 4) is 5.75 Å². The average Bonchev–Trinajstić information content (AvgIpc) is 1.18. The Hall–Kier alpha value is -7.71. The number of anilines is 3. The van der Waals surface area contributed by atoms with Gasteiger partial charge in [-0.15, -0.1) is 0 Å². The Labute approximate surface area is 501 Å². The number of alkyl halides is 3. The van der Waals surface area contributed by atoms with Gasteiger partial charge in [-0.25, -0.2) is 14.4 Å². The summed E-state index contributed by atoms with van der Waals surface area (Å²) in [5.41, 5.74) is 1.30. The second-order valence-corrected chi connectivity index (χ2v) is 23.1. The normalized spacial score (nSPS) is 25.0. The Bertz CT molecular complexity index is 2980. The quantitative estimate of drug-likeness (QED) is 0.0482. The van der Waals surface area contributed by atoms with Crippen LogP contribution in [0.4, 0.5) is 44.6 Å². The molecular formula is C59H77ClF3N9O14. The molecule has 2 aromatic carbocycles. The third-order valence-electron chi connectivity index (χ3n) is 16.3. The molecule has 1 saturated carbocycles. The molecule has 1 aliphatic carbocycles. The summed E-state index contributed by atoms with van der Waals surface area (Å²) in [6, 6.07) is 2.44. The maximum atomic E-state index is 15.1. The predicted octanol–water partition coefficient (Wildman–Crippen LogP) is 7.15. The molecule has 470 valence electrons. The van der Waals surface area contributed by atoms with E-state index < -0.39 is 142 Å². The fraction of sp³-hybridized carbons (Fsp3) is 0.542. The molecule has 27 heteroatoms. The second kappa shape index (κ2) is 29.1. The Kier molecular flexibility index (Phi) is 22.8. The molecule has 0 aromatic heterocycles. The van der Waals surface area contributed by atoms with E-state index in [1.165, 1.54) is 38.3 Å². The number of unbranched alkanes of at least 4 members (excludes halogenated alkanes) is 2. The van der Waals surface area contributed by atoms with Crippen LogP contribution in [0.15, 0.2) is 66.3 Å². The maximum absolute atomic E-state index is 15.1. The van der Waals surface area contributed by atoms with Gasteiger partial charge in [0, 0.05) is 63.3 Å². The van der Waals surface area contributed by atoms with E-state index in [9.17, 15) is 48.3 Å². The summed E-state index contributed by atoms with van der Waals surface area (Å²) in [4.78, 5) is 120. The number of allylic oxidation sites excluding steroid dienone is 3. The highest BCUT2D eigenvalue weighted by atomic mass is 35.5. The fourth-order valence-corrected chi connectivity index (χ4v) is 11.6. The van der Waals surface area contributed by atoms with E-state index >= 15 is 13.2 Å². The van der Waals surface area contributed by atoms with Gasteiger partial charge < -0.3 is 56.0 Å². The molecule has 9 atom stereocenters. The van der Waals surface area contributed by atoms with E-state index in [-0.39, 0.29) is 55.2 Å². The first-order valence-corrected chi connectivity index (χ1v) is 28.7.